The Morgan fingerprint density at radius 1 is 1.15 bits per heavy atom. The van der Waals surface area contributed by atoms with Crippen LogP contribution in [0.2, 0.25) is 0 Å². The van der Waals surface area contributed by atoms with E-state index in [0.717, 1.165) is 12.1 Å². The molecule has 3 aromatic rings. The number of nitriles is 1. The lowest BCUT2D eigenvalue weighted by Crippen LogP contribution is -2.38. The number of amides is 1. The zero-order chi connectivity index (χ0) is 24.1. The molecule has 0 unspecified atom stereocenters. The van der Waals surface area contributed by atoms with Crippen LogP contribution in [-0.2, 0) is 0 Å². The summed E-state index contributed by atoms with van der Waals surface area (Å²) < 4.78 is 38.1. The van der Waals surface area contributed by atoms with E-state index in [9.17, 15) is 18.8 Å². The van der Waals surface area contributed by atoms with E-state index in [0.29, 0.717) is 48.6 Å². The number of pyridine rings is 1. The van der Waals surface area contributed by atoms with Crippen LogP contribution < -0.4 is 19.7 Å². The van der Waals surface area contributed by atoms with E-state index in [2.05, 4.69) is 16.4 Å². The van der Waals surface area contributed by atoms with Crippen LogP contribution in [0, 0.1) is 23.0 Å². The summed E-state index contributed by atoms with van der Waals surface area (Å²) in [5.74, 6) is -1.37. The summed E-state index contributed by atoms with van der Waals surface area (Å²) in [6, 6.07) is 12.0. The molecule has 0 radical (unpaired) electrons. The third kappa shape index (κ3) is 5.07. The molecule has 0 spiro atoms. The van der Waals surface area contributed by atoms with Gasteiger partial charge in [0.25, 0.3) is 5.91 Å². The second-order valence-corrected chi connectivity index (χ2v) is 7.75. The van der Waals surface area contributed by atoms with Gasteiger partial charge in [0.2, 0.25) is 0 Å². The standard InChI is InChI=1S/C25H22F2N4O3/c1-33-23-6-9-29-15-19(23)25(32)30-21-4-2-16(14-28)12-22(21)31-10-7-18(8-11-31)34-24-5-3-17(26)13-20(24)27/h2-6,9,12-13,15,18H,7-8,10-11H2,1H3,(H,30,32). The summed E-state index contributed by atoms with van der Waals surface area (Å²) in [6.45, 7) is 1.11. The van der Waals surface area contributed by atoms with Crippen molar-refractivity contribution in [3.05, 3.63) is 77.6 Å². The number of benzene rings is 2. The number of nitrogens with one attached hydrogen (secondary N) is 1. The molecule has 1 aliphatic rings. The SMILES string of the molecule is COc1ccncc1C(=O)Nc1ccc(C#N)cc1N1CCC(Oc2ccc(F)cc2F)CC1. The van der Waals surface area contributed by atoms with Crippen LogP contribution in [0.1, 0.15) is 28.8 Å². The lowest BCUT2D eigenvalue weighted by atomic mass is 10.0. The molecule has 1 N–H and O–H groups in total. The molecule has 0 bridgehead atoms. The summed E-state index contributed by atoms with van der Waals surface area (Å²) in [4.78, 5) is 18.9. The molecule has 0 atom stereocenters. The van der Waals surface area contributed by atoms with Gasteiger partial charge < -0.3 is 19.7 Å². The van der Waals surface area contributed by atoms with Gasteiger partial charge in [-0.1, -0.05) is 0 Å². The minimum absolute atomic E-state index is 0.0182. The van der Waals surface area contributed by atoms with Gasteiger partial charge in [0.1, 0.15) is 17.7 Å². The molecule has 34 heavy (non-hydrogen) atoms. The molecule has 1 aromatic heterocycles. The highest BCUT2D eigenvalue weighted by Crippen LogP contribution is 2.32. The number of rotatable bonds is 6. The molecule has 9 heteroatoms. The monoisotopic (exact) mass is 464 g/mol. The van der Waals surface area contributed by atoms with Gasteiger partial charge in [0.05, 0.1) is 35.7 Å². The highest BCUT2D eigenvalue weighted by atomic mass is 19.1. The van der Waals surface area contributed by atoms with E-state index >= 15 is 0 Å². The molecule has 0 saturated carbocycles. The Bertz CT molecular complexity index is 1240. The zero-order valence-electron chi connectivity index (χ0n) is 18.4. The Kier molecular flexibility index (Phi) is 6.87. The summed E-state index contributed by atoms with van der Waals surface area (Å²) in [6.07, 6.45) is 3.88. The summed E-state index contributed by atoms with van der Waals surface area (Å²) in [7, 11) is 1.48. The molecule has 2 aromatic carbocycles. The second-order valence-electron chi connectivity index (χ2n) is 7.75. The van der Waals surface area contributed by atoms with Gasteiger partial charge in [-0.05, 0) is 36.4 Å². The molecule has 7 nitrogen and oxygen atoms in total. The largest absolute Gasteiger partial charge is 0.496 e. The fourth-order valence-electron chi connectivity index (χ4n) is 3.85. The number of carbonyl (C=O) groups is 1. The molecule has 1 saturated heterocycles. The number of ether oxygens (including phenoxy) is 2. The van der Waals surface area contributed by atoms with Crippen molar-refractivity contribution in [1.82, 2.24) is 4.98 Å². The van der Waals surface area contributed by atoms with Crippen molar-refractivity contribution in [2.24, 2.45) is 0 Å². The van der Waals surface area contributed by atoms with Crippen LogP contribution in [0.3, 0.4) is 0 Å². The third-order valence-electron chi connectivity index (χ3n) is 5.59. The van der Waals surface area contributed by atoms with Crippen molar-refractivity contribution in [1.29, 1.82) is 5.26 Å². The van der Waals surface area contributed by atoms with Gasteiger partial charge in [-0.15, -0.1) is 0 Å². The summed E-state index contributed by atoms with van der Waals surface area (Å²) in [5.41, 5.74) is 1.98. The number of nitrogens with zero attached hydrogens (tertiary/aromatic N) is 3. The first kappa shape index (κ1) is 23.0. The predicted molar refractivity (Wildman–Crippen MR) is 122 cm³/mol. The van der Waals surface area contributed by atoms with Crippen LogP contribution in [-0.4, -0.2) is 37.2 Å². The average Bonchev–Trinajstić information content (AvgIpc) is 2.86. The molecular formula is C25H22F2N4O3. The van der Waals surface area contributed by atoms with Gasteiger partial charge in [-0.25, -0.2) is 8.78 Å². The number of methoxy groups -OCH3 is 1. The Morgan fingerprint density at radius 3 is 2.65 bits per heavy atom. The topological polar surface area (TPSA) is 87.5 Å². The first-order chi connectivity index (χ1) is 16.5. The Balaban J connectivity index is 1.49. The molecule has 1 amide bonds. The molecule has 1 aliphatic heterocycles. The van der Waals surface area contributed by atoms with Crippen molar-refractivity contribution in [3.8, 4) is 17.6 Å². The minimum atomic E-state index is -0.736. The minimum Gasteiger partial charge on any atom is -0.496 e. The fraction of sp³-hybridized carbons (Fsp3) is 0.240. The van der Waals surface area contributed by atoms with Crippen molar-refractivity contribution in [2.45, 2.75) is 18.9 Å². The van der Waals surface area contributed by atoms with Crippen molar-refractivity contribution >= 4 is 17.3 Å². The quantitative estimate of drug-likeness (QED) is 0.576. The van der Waals surface area contributed by atoms with Crippen molar-refractivity contribution < 1.29 is 23.0 Å². The molecule has 2 heterocycles. The predicted octanol–water partition coefficient (Wildman–Crippen LogP) is 4.54. The lowest BCUT2D eigenvalue weighted by molar-refractivity contribution is 0.102. The van der Waals surface area contributed by atoms with Crippen LogP contribution in [0.5, 0.6) is 11.5 Å². The Labute approximate surface area is 195 Å². The highest BCUT2D eigenvalue weighted by Gasteiger charge is 2.24. The Morgan fingerprint density at radius 2 is 1.94 bits per heavy atom. The van der Waals surface area contributed by atoms with Crippen LogP contribution >= 0.6 is 0 Å². The number of carbonyl (C=O) groups excluding carboxylic acids is 1. The summed E-state index contributed by atoms with van der Waals surface area (Å²) in [5, 5.41) is 12.3. The number of halogens is 2. The van der Waals surface area contributed by atoms with Crippen molar-refractivity contribution in [3.63, 3.8) is 0 Å². The molecule has 4 rings (SSSR count). The molecule has 1 fully saturated rings. The Hall–Kier alpha value is -4.19. The molecule has 0 aliphatic carbocycles. The number of hydrogen-bond acceptors (Lipinski definition) is 6. The van der Waals surface area contributed by atoms with E-state index in [1.165, 1.54) is 25.6 Å². The number of piperidine rings is 1. The summed E-state index contributed by atoms with van der Waals surface area (Å²) >= 11 is 0. The lowest BCUT2D eigenvalue weighted by Gasteiger charge is -2.35. The van der Waals surface area contributed by atoms with E-state index in [4.69, 9.17) is 9.47 Å². The first-order valence-electron chi connectivity index (χ1n) is 10.7. The van der Waals surface area contributed by atoms with Crippen molar-refractivity contribution in [2.75, 3.05) is 30.4 Å². The van der Waals surface area contributed by atoms with Crippen LogP contribution in [0.25, 0.3) is 0 Å². The van der Waals surface area contributed by atoms with Crippen LogP contribution in [0.15, 0.2) is 54.9 Å². The van der Waals surface area contributed by atoms with Gasteiger partial charge in [-0.3, -0.25) is 9.78 Å². The highest BCUT2D eigenvalue weighted by molar-refractivity contribution is 6.07. The average molecular weight is 464 g/mol. The first-order valence-corrected chi connectivity index (χ1v) is 10.7. The fourth-order valence-corrected chi connectivity index (χ4v) is 3.85. The van der Waals surface area contributed by atoms with Gasteiger partial charge in [0.15, 0.2) is 11.6 Å². The van der Waals surface area contributed by atoms with E-state index in [1.807, 2.05) is 4.90 Å². The molecular weight excluding hydrogens is 442 g/mol. The van der Waals surface area contributed by atoms with E-state index in [1.54, 1.807) is 24.3 Å². The zero-order valence-corrected chi connectivity index (χ0v) is 18.4. The van der Waals surface area contributed by atoms with E-state index < -0.39 is 11.6 Å². The second kappa shape index (κ2) is 10.2. The smallest absolute Gasteiger partial charge is 0.261 e. The maximum Gasteiger partial charge on any atom is 0.261 e. The number of aromatic nitrogens is 1. The number of hydrogen-bond donors (Lipinski definition) is 1. The number of anilines is 2. The van der Waals surface area contributed by atoms with Crippen LogP contribution in [0.4, 0.5) is 20.2 Å². The van der Waals surface area contributed by atoms with Gasteiger partial charge in [-0.2, -0.15) is 5.26 Å². The third-order valence-corrected chi connectivity index (χ3v) is 5.59. The maximum absolute atomic E-state index is 13.9. The van der Waals surface area contributed by atoms with E-state index in [-0.39, 0.29) is 23.3 Å². The maximum atomic E-state index is 13.9. The normalized spacial score (nSPS) is 13.8. The van der Waals surface area contributed by atoms with Gasteiger partial charge in [0, 0.05) is 44.4 Å². The molecule has 174 valence electrons. The van der Waals surface area contributed by atoms with Gasteiger partial charge >= 0.3 is 0 Å².